The summed E-state index contributed by atoms with van der Waals surface area (Å²) < 4.78 is 13.7. The molecule has 1 N–H and O–H groups in total. The van der Waals surface area contributed by atoms with E-state index in [0.29, 0.717) is 0 Å². The van der Waals surface area contributed by atoms with Gasteiger partial charge in [-0.2, -0.15) is 0 Å². The molecule has 0 saturated carbocycles. The van der Waals surface area contributed by atoms with Crippen molar-refractivity contribution in [3.05, 3.63) is 64.7 Å². The van der Waals surface area contributed by atoms with Crippen molar-refractivity contribution >= 4 is 0 Å². The van der Waals surface area contributed by atoms with Crippen LogP contribution in [0.1, 0.15) is 34.7 Å². The minimum absolute atomic E-state index is 0.0700. The number of hydrogen-bond acceptors (Lipinski definition) is 2. The minimum Gasteiger partial charge on any atom is -0.306 e. The number of nitrogens with one attached hydrogen (secondary N) is 1. The predicted octanol–water partition coefficient (Wildman–Crippen LogP) is 3.31. The zero-order valence-electron chi connectivity index (χ0n) is 11.0. The Morgan fingerprint density at radius 3 is 3.11 bits per heavy atom. The third-order valence-corrected chi connectivity index (χ3v) is 3.90. The highest BCUT2D eigenvalue weighted by Crippen LogP contribution is 2.32. The third kappa shape index (κ3) is 2.38. The van der Waals surface area contributed by atoms with Crippen LogP contribution in [0.25, 0.3) is 0 Å². The van der Waals surface area contributed by atoms with Gasteiger partial charge in [-0.05, 0) is 54.2 Å². The van der Waals surface area contributed by atoms with Gasteiger partial charge < -0.3 is 5.32 Å². The lowest BCUT2D eigenvalue weighted by atomic mass is 10.1. The molecule has 19 heavy (non-hydrogen) atoms. The summed E-state index contributed by atoms with van der Waals surface area (Å²) in [6, 6.07) is 7.64. The first-order valence-corrected chi connectivity index (χ1v) is 6.66. The monoisotopic (exact) mass is 256 g/mol. The van der Waals surface area contributed by atoms with Crippen molar-refractivity contribution in [1.29, 1.82) is 0 Å². The normalized spacial score (nSPS) is 17.5. The van der Waals surface area contributed by atoms with Crippen LogP contribution in [0.15, 0.2) is 36.7 Å². The van der Waals surface area contributed by atoms with Gasteiger partial charge in [-0.3, -0.25) is 4.98 Å². The van der Waals surface area contributed by atoms with E-state index in [1.54, 1.807) is 18.3 Å². The second-order valence-electron chi connectivity index (χ2n) is 5.08. The van der Waals surface area contributed by atoms with Gasteiger partial charge >= 0.3 is 0 Å². The van der Waals surface area contributed by atoms with Crippen LogP contribution in [0.5, 0.6) is 0 Å². The molecule has 1 heterocycles. The van der Waals surface area contributed by atoms with Gasteiger partial charge in [0.05, 0.1) is 0 Å². The molecule has 2 aromatic rings. The smallest absolute Gasteiger partial charge is 0.126 e. The van der Waals surface area contributed by atoms with E-state index in [2.05, 4.69) is 17.2 Å². The molecule has 98 valence electrons. The molecule has 1 aromatic heterocycles. The van der Waals surface area contributed by atoms with Crippen LogP contribution in [0, 0.1) is 12.7 Å². The second-order valence-corrected chi connectivity index (χ2v) is 5.08. The molecule has 3 rings (SSSR count). The topological polar surface area (TPSA) is 24.9 Å². The molecule has 1 aliphatic rings. The number of fused-ring (bicyclic) bond motifs is 1. The SMILES string of the molecule is Cc1ccncc1CNC1CCc2c(F)cccc21. The number of rotatable bonds is 3. The van der Waals surface area contributed by atoms with Crippen molar-refractivity contribution in [2.75, 3.05) is 0 Å². The first-order valence-electron chi connectivity index (χ1n) is 6.66. The van der Waals surface area contributed by atoms with E-state index in [-0.39, 0.29) is 11.9 Å². The van der Waals surface area contributed by atoms with E-state index in [1.807, 2.05) is 18.3 Å². The zero-order valence-corrected chi connectivity index (χ0v) is 11.0. The molecule has 0 spiro atoms. The highest BCUT2D eigenvalue weighted by Gasteiger charge is 2.24. The largest absolute Gasteiger partial charge is 0.306 e. The van der Waals surface area contributed by atoms with Crippen LogP contribution in [0.3, 0.4) is 0 Å². The van der Waals surface area contributed by atoms with E-state index >= 15 is 0 Å². The number of benzene rings is 1. The lowest BCUT2D eigenvalue weighted by molar-refractivity contribution is 0.528. The third-order valence-electron chi connectivity index (χ3n) is 3.90. The molecule has 0 saturated heterocycles. The van der Waals surface area contributed by atoms with Gasteiger partial charge in [-0.1, -0.05) is 12.1 Å². The second kappa shape index (κ2) is 5.10. The quantitative estimate of drug-likeness (QED) is 0.911. The summed E-state index contributed by atoms with van der Waals surface area (Å²) in [6.45, 7) is 2.86. The first-order chi connectivity index (χ1) is 9.25. The summed E-state index contributed by atoms with van der Waals surface area (Å²) >= 11 is 0. The van der Waals surface area contributed by atoms with Gasteiger partial charge in [0.25, 0.3) is 0 Å². The molecule has 0 radical (unpaired) electrons. The van der Waals surface area contributed by atoms with Crippen molar-refractivity contribution in [3.63, 3.8) is 0 Å². The minimum atomic E-state index is -0.0700. The molecule has 3 heteroatoms. The van der Waals surface area contributed by atoms with Gasteiger partial charge in [0.1, 0.15) is 5.82 Å². The van der Waals surface area contributed by atoms with E-state index in [0.717, 1.165) is 30.5 Å². The van der Waals surface area contributed by atoms with Crippen LogP contribution < -0.4 is 5.32 Å². The van der Waals surface area contributed by atoms with Gasteiger partial charge in [0, 0.05) is 25.0 Å². The van der Waals surface area contributed by atoms with Gasteiger partial charge in [-0.15, -0.1) is 0 Å². The van der Waals surface area contributed by atoms with Crippen molar-refractivity contribution in [3.8, 4) is 0 Å². The molecule has 0 amide bonds. The molecule has 0 bridgehead atoms. The summed E-state index contributed by atoms with van der Waals surface area (Å²) in [5.74, 6) is -0.0700. The van der Waals surface area contributed by atoms with Crippen LogP contribution in [0.4, 0.5) is 4.39 Å². The van der Waals surface area contributed by atoms with E-state index in [9.17, 15) is 4.39 Å². The maximum atomic E-state index is 13.7. The first kappa shape index (κ1) is 12.3. The Morgan fingerprint density at radius 1 is 1.37 bits per heavy atom. The fourth-order valence-electron chi connectivity index (χ4n) is 2.74. The Balaban J connectivity index is 1.74. The molecule has 1 aliphatic carbocycles. The average molecular weight is 256 g/mol. The van der Waals surface area contributed by atoms with E-state index in [4.69, 9.17) is 0 Å². The Hall–Kier alpha value is -1.74. The van der Waals surface area contributed by atoms with Gasteiger partial charge in [0.15, 0.2) is 0 Å². The molecule has 2 nitrogen and oxygen atoms in total. The van der Waals surface area contributed by atoms with E-state index < -0.39 is 0 Å². The standard InChI is InChI=1S/C16H17FN2/c1-11-7-8-18-9-12(11)10-19-16-6-5-13-14(16)3-2-4-15(13)17/h2-4,7-9,16,19H,5-6,10H2,1H3. The molecule has 1 unspecified atom stereocenters. The molecule has 1 atom stereocenters. The van der Waals surface area contributed by atoms with Crippen LogP contribution in [-0.4, -0.2) is 4.98 Å². The summed E-state index contributed by atoms with van der Waals surface area (Å²) in [5, 5.41) is 3.52. The number of hydrogen-bond donors (Lipinski definition) is 1. The fraction of sp³-hybridized carbons (Fsp3) is 0.312. The maximum Gasteiger partial charge on any atom is 0.126 e. The van der Waals surface area contributed by atoms with Crippen molar-refractivity contribution in [1.82, 2.24) is 10.3 Å². The Kier molecular flexibility index (Phi) is 3.30. The summed E-state index contributed by atoms with van der Waals surface area (Å²) in [4.78, 5) is 4.15. The van der Waals surface area contributed by atoms with Crippen LogP contribution >= 0.6 is 0 Å². The van der Waals surface area contributed by atoms with Crippen molar-refractivity contribution in [2.24, 2.45) is 0 Å². The Labute approximate surface area is 112 Å². The van der Waals surface area contributed by atoms with Crippen LogP contribution in [-0.2, 0) is 13.0 Å². The maximum absolute atomic E-state index is 13.7. The summed E-state index contributed by atoms with van der Waals surface area (Å²) in [5.41, 5.74) is 4.43. The highest BCUT2D eigenvalue weighted by atomic mass is 19.1. The Bertz CT molecular complexity index is 595. The zero-order chi connectivity index (χ0) is 13.2. The lowest BCUT2D eigenvalue weighted by Gasteiger charge is -2.15. The molecular formula is C16H17FN2. The molecule has 0 fully saturated rings. The summed E-state index contributed by atoms with van der Waals surface area (Å²) in [7, 11) is 0. The number of aryl methyl sites for hydroxylation is 1. The number of aromatic nitrogens is 1. The van der Waals surface area contributed by atoms with Gasteiger partial charge in [-0.25, -0.2) is 4.39 Å². The fourth-order valence-corrected chi connectivity index (χ4v) is 2.74. The number of nitrogens with zero attached hydrogens (tertiary/aromatic N) is 1. The number of pyridine rings is 1. The predicted molar refractivity (Wildman–Crippen MR) is 73.3 cm³/mol. The lowest BCUT2D eigenvalue weighted by Crippen LogP contribution is -2.19. The van der Waals surface area contributed by atoms with Crippen LogP contribution in [0.2, 0.25) is 0 Å². The number of halogens is 1. The van der Waals surface area contributed by atoms with E-state index in [1.165, 1.54) is 11.1 Å². The molecule has 0 aliphatic heterocycles. The summed E-state index contributed by atoms with van der Waals surface area (Å²) in [6.07, 6.45) is 5.49. The molecule has 1 aromatic carbocycles. The molecular weight excluding hydrogens is 239 g/mol. The Morgan fingerprint density at radius 2 is 2.26 bits per heavy atom. The highest BCUT2D eigenvalue weighted by molar-refractivity contribution is 5.35. The van der Waals surface area contributed by atoms with Crippen molar-refractivity contribution in [2.45, 2.75) is 32.4 Å². The van der Waals surface area contributed by atoms with Gasteiger partial charge in [0.2, 0.25) is 0 Å². The van der Waals surface area contributed by atoms with Crippen molar-refractivity contribution < 1.29 is 4.39 Å². The average Bonchev–Trinajstić information content (AvgIpc) is 2.83.